The molecule has 5 nitrogen and oxygen atoms in total. The fourth-order valence-electron chi connectivity index (χ4n) is 3.19. The Bertz CT molecular complexity index is 877. The molecule has 0 fully saturated rings. The number of hydrogen-bond acceptors (Lipinski definition) is 5. The smallest absolute Gasteiger partial charge is 0.0728 e. The molecule has 6 heteroatoms. The van der Waals surface area contributed by atoms with Crippen molar-refractivity contribution in [3.8, 4) is 11.1 Å². The van der Waals surface area contributed by atoms with Gasteiger partial charge in [0.15, 0.2) is 0 Å². The van der Waals surface area contributed by atoms with E-state index in [4.69, 9.17) is 4.74 Å². The Hall–Kier alpha value is -1.89. The molecular weight excluding hydrogens is 320 g/mol. The van der Waals surface area contributed by atoms with Crippen molar-refractivity contribution in [3.05, 3.63) is 47.9 Å². The highest BCUT2D eigenvalue weighted by molar-refractivity contribution is 7.97. The van der Waals surface area contributed by atoms with Crippen LogP contribution in [0.1, 0.15) is 24.1 Å². The largest absolute Gasteiger partial charge is 0.375 e. The third kappa shape index (κ3) is 2.70. The summed E-state index contributed by atoms with van der Waals surface area (Å²) in [7, 11) is 1.96. The van der Waals surface area contributed by atoms with Gasteiger partial charge in [-0.3, -0.25) is 14.4 Å². The van der Waals surface area contributed by atoms with E-state index in [1.54, 1.807) is 11.9 Å². The summed E-state index contributed by atoms with van der Waals surface area (Å²) in [5, 5.41) is 5.47. The van der Waals surface area contributed by atoms with Gasteiger partial charge in [0.25, 0.3) is 0 Å². The maximum Gasteiger partial charge on any atom is 0.0728 e. The van der Waals surface area contributed by atoms with Crippen LogP contribution in [-0.2, 0) is 18.4 Å². The molecule has 1 aliphatic rings. The van der Waals surface area contributed by atoms with Crippen molar-refractivity contribution in [1.29, 1.82) is 0 Å². The monoisotopic (exact) mass is 340 g/mol. The molecule has 1 aliphatic heterocycles. The Morgan fingerprint density at radius 3 is 3.12 bits per heavy atom. The van der Waals surface area contributed by atoms with Crippen LogP contribution in [0.2, 0.25) is 0 Å². The minimum absolute atomic E-state index is 0.188. The zero-order chi connectivity index (χ0) is 16.5. The van der Waals surface area contributed by atoms with Gasteiger partial charge >= 0.3 is 0 Å². The zero-order valence-corrected chi connectivity index (χ0v) is 14.6. The van der Waals surface area contributed by atoms with Crippen molar-refractivity contribution in [2.75, 3.05) is 12.4 Å². The van der Waals surface area contributed by atoms with Crippen LogP contribution in [0.15, 0.2) is 36.8 Å². The summed E-state index contributed by atoms with van der Waals surface area (Å²) < 4.78 is 11.2. The summed E-state index contributed by atoms with van der Waals surface area (Å²) in [4.78, 5) is 4.49. The first-order valence-corrected chi connectivity index (χ1v) is 9.10. The maximum atomic E-state index is 5.84. The van der Waals surface area contributed by atoms with E-state index in [-0.39, 0.29) is 6.04 Å². The molecular formula is C18H20N4OS. The second-order valence-electron chi connectivity index (χ2n) is 5.92. The van der Waals surface area contributed by atoms with Crippen molar-refractivity contribution >= 4 is 22.9 Å². The van der Waals surface area contributed by atoms with Crippen LogP contribution in [0.25, 0.3) is 22.0 Å². The molecule has 3 aromatic rings. The fourth-order valence-corrected chi connectivity index (χ4v) is 3.76. The number of aromatic nitrogens is 3. The minimum atomic E-state index is 0.188. The van der Waals surface area contributed by atoms with Gasteiger partial charge in [-0.25, -0.2) is 0 Å². The van der Waals surface area contributed by atoms with E-state index in [1.165, 1.54) is 11.1 Å². The number of benzene rings is 1. The molecule has 1 atom stereocenters. The lowest BCUT2D eigenvalue weighted by atomic mass is 9.93. The molecule has 0 aliphatic carbocycles. The lowest BCUT2D eigenvalue weighted by molar-refractivity contribution is 0.0892. The van der Waals surface area contributed by atoms with Crippen molar-refractivity contribution in [1.82, 2.24) is 19.5 Å². The Morgan fingerprint density at radius 1 is 1.33 bits per heavy atom. The number of ether oxygens (including phenoxy) is 1. The lowest BCUT2D eigenvalue weighted by Gasteiger charge is -2.27. The fraction of sp³-hybridized carbons (Fsp3) is 0.333. The summed E-state index contributed by atoms with van der Waals surface area (Å²) in [5.41, 5.74) is 5.91. The third-order valence-electron chi connectivity index (χ3n) is 4.42. The molecule has 0 saturated heterocycles. The molecule has 3 heterocycles. The van der Waals surface area contributed by atoms with Gasteiger partial charge in [0.1, 0.15) is 0 Å². The molecule has 0 bridgehead atoms. The molecule has 24 heavy (non-hydrogen) atoms. The predicted octanol–water partition coefficient (Wildman–Crippen LogP) is 3.46. The molecule has 2 aromatic heterocycles. The number of hydrogen-bond donors (Lipinski definition) is 1. The van der Waals surface area contributed by atoms with E-state index in [1.807, 2.05) is 30.3 Å². The highest BCUT2D eigenvalue weighted by atomic mass is 32.2. The Balaban J connectivity index is 1.77. The normalized spacial score (nSPS) is 17.2. The van der Waals surface area contributed by atoms with Crippen LogP contribution in [0, 0.1) is 0 Å². The average Bonchev–Trinajstić information content (AvgIpc) is 3.00. The van der Waals surface area contributed by atoms with Crippen LogP contribution < -0.4 is 4.72 Å². The summed E-state index contributed by atoms with van der Waals surface area (Å²) >= 11 is 1.72. The Kier molecular flexibility index (Phi) is 4.26. The van der Waals surface area contributed by atoms with Gasteiger partial charge in [-0.05, 0) is 28.8 Å². The van der Waals surface area contributed by atoms with E-state index in [2.05, 4.69) is 39.9 Å². The molecule has 1 unspecified atom stereocenters. The van der Waals surface area contributed by atoms with Gasteiger partial charge in [-0.2, -0.15) is 5.10 Å². The van der Waals surface area contributed by atoms with Gasteiger partial charge in [0.05, 0.1) is 31.0 Å². The minimum Gasteiger partial charge on any atom is -0.375 e. The van der Waals surface area contributed by atoms with Gasteiger partial charge in [0.2, 0.25) is 0 Å². The Morgan fingerprint density at radius 2 is 2.25 bits per heavy atom. The van der Waals surface area contributed by atoms with E-state index in [0.717, 1.165) is 27.8 Å². The van der Waals surface area contributed by atoms with Crippen LogP contribution in [0.3, 0.4) is 0 Å². The highest BCUT2D eigenvalue weighted by Gasteiger charge is 2.23. The summed E-state index contributed by atoms with van der Waals surface area (Å²) in [6, 6.07) is 6.62. The van der Waals surface area contributed by atoms with Crippen molar-refractivity contribution < 1.29 is 4.74 Å². The highest BCUT2D eigenvalue weighted by Crippen LogP contribution is 2.34. The number of rotatable bonds is 4. The van der Waals surface area contributed by atoms with E-state index in [0.29, 0.717) is 13.2 Å². The molecule has 0 spiro atoms. The molecule has 124 valence electrons. The van der Waals surface area contributed by atoms with Crippen LogP contribution in [-0.4, -0.2) is 27.1 Å². The first-order chi connectivity index (χ1) is 11.8. The summed E-state index contributed by atoms with van der Waals surface area (Å²) in [5.74, 6) is 1.02. The van der Waals surface area contributed by atoms with Crippen LogP contribution >= 0.6 is 11.9 Å². The second kappa shape index (κ2) is 6.55. The van der Waals surface area contributed by atoms with Crippen molar-refractivity contribution in [2.24, 2.45) is 7.05 Å². The van der Waals surface area contributed by atoms with Crippen molar-refractivity contribution in [2.45, 2.75) is 19.6 Å². The molecule has 0 amide bonds. The van der Waals surface area contributed by atoms with Gasteiger partial charge in [-0.1, -0.05) is 24.9 Å². The standard InChI is InChI=1S/C18H20N4OS/c1-3-24-21-17-11-23-10-16-14(8-19-9-15(16)17)12-4-5-18-13(6-12)7-20-22(18)2/h4-9,17,21H,3,10-11H2,1-2H3. The SMILES string of the molecule is CCSNC1COCc2c(-c3ccc4c(cnn4C)c3)cncc21. The quantitative estimate of drug-likeness (QED) is 0.737. The topological polar surface area (TPSA) is 52.0 Å². The number of nitrogens with one attached hydrogen (secondary N) is 1. The van der Waals surface area contributed by atoms with Gasteiger partial charge in [-0.15, -0.1) is 0 Å². The molecule has 4 rings (SSSR count). The van der Waals surface area contributed by atoms with Crippen LogP contribution in [0.4, 0.5) is 0 Å². The molecule has 0 saturated carbocycles. The first-order valence-electron chi connectivity index (χ1n) is 8.12. The number of aryl methyl sites for hydroxylation is 1. The van der Waals surface area contributed by atoms with Crippen molar-refractivity contribution in [3.63, 3.8) is 0 Å². The predicted molar refractivity (Wildman–Crippen MR) is 97.6 cm³/mol. The Labute approximate surface area is 145 Å². The maximum absolute atomic E-state index is 5.84. The molecule has 1 aromatic carbocycles. The van der Waals surface area contributed by atoms with E-state index in [9.17, 15) is 0 Å². The van der Waals surface area contributed by atoms with Crippen LogP contribution in [0.5, 0.6) is 0 Å². The number of fused-ring (bicyclic) bond motifs is 2. The molecule has 0 radical (unpaired) electrons. The zero-order valence-electron chi connectivity index (χ0n) is 13.8. The lowest BCUT2D eigenvalue weighted by Crippen LogP contribution is -2.26. The summed E-state index contributed by atoms with van der Waals surface area (Å²) in [6.45, 7) is 3.46. The summed E-state index contributed by atoms with van der Waals surface area (Å²) in [6.07, 6.45) is 5.81. The van der Waals surface area contributed by atoms with E-state index >= 15 is 0 Å². The van der Waals surface area contributed by atoms with Gasteiger partial charge < -0.3 is 4.74 Å². The second-order valence-corrected chi connectivity index (χ2v) is 7.02. The van der Waals surface area contributed by atoms with E-state index < -0.39 is 0 Å². The number of nitrogens with zero attached hydrogens (tertiary/aromatic N) is 3. The molecule has 1 N–H and O–H groups in total. The van der Waals surface area contributed by atoms with Gasteiger partial charge in [0, 0.05) is 36.1 Å². The number of pyridine rings is 1. The first kappa shape index (κ1) is 15.6. The average molecular weight is 340 g/mol. The third-order valence-corrected chi connectivity index (χ3v) is 5.16.